The number of carbonyl (C=O) groups excluding carboxylic acids is 1. The summed E-state index contributed by atoms with van der Waals surface area (Å²) in [5.41, 5.74) is 5.23. The Bertz CT molecular complexity index is 419. The standard InChI is InChI=1S/C12H17FN2O2/c1-12(2,7-16)6-15-11(17)8-3-4-9(13)10(14)5-8/h3-5,16H,6-7,14H2,1-2H3,(H,15,17). The topological polar surface area (TPSA) is 75.3 Å². The number of nitrogens with one attached hydrogen (secondary N) is 1. The van der Waals surface area contributed by atoms with Gasteiger partial charge in [-0.05, 0) is 18.2 Å². The Morgan fingerprint density at radius 3 is 2.71 bits per heavy atom. The van der Waals surface area contributed by atoms with Crippen LogP contribution in [0.2, 0.25) is 0 Å². The molecule has 0 aliphatic carbocycles. The molecule has 17 heavy (non-hydrogen) atoms. The normalized spacial score (nSPS) is 11.3. The fourth-order valence-electron chi connectivity index (χ4n) is 1.16. The predicted molar refractivity (Wildman–Crippen MR) is 64.0 cm³/mol. The predicted octanol–water partition coefficient (Wildman–Crippen LogP) is 1.16. The summed E-state index contributed by atoms with van der Waals surface area (Å²) in [7, 11) is 0. The summed E-state index contributed by atoms with van der Waals surface area (Å²) in [6.07, 6.45) is 0. The van der Waals surface area contributed by atoms with Gasteiger partial charge in [-0.1, -0.05) is 13.8 Å². The zero-order chi connectivity index (χ0) is 13.1. The number of nitrogens with two attached hydrogens (primary N) is 1. The van der Waals surface area contributed by atoms with Crippen LogP contribution in [0.4, 0.5) is 10.1 Å². The van der Waals surface area contributed by atoms with Crippen LogP contribution in [0.5, 0.6) is 0 Å². The Morgan fingerprint density at radius 1 is 1.53 bits per heavy atom. The molecule has 0 bridgehead atoms. The average Bonchev–Trinajstić information content (AvgIpc) is 2.30. The zero-order valence-electron chi connectivity index (χ0n) is 9.96. The summed E-state index contributed by atoms with van der Waals surface area (Å²) >= 11 is 0. The number of hydrogen-bond donors (Lipinski definition) is 3. The first-order valence-electron chi connectivity index (χ1n) is 5.30. The van der Waals surface area contributed by atoms with E-state index < -0.39 is 5.82 Å². The maximum absolute atomic E-state index is 12.9. The number of aliphatic hydroxyl groups is 1. The van der Waals surface area contributed by atoms with Crippen LogP contribution in [0, 0.1) is 11.2 Å². The number of anilines is 1. The minimum absolute atomic E-state index is 0.0289. The van der Waals surface area contributed by atoms with Crippen LogP contribution in [0.25, 0.3) is 0 Å². The number of aliphatic hydroxyl groups excluding tert-OH is 1. The van der Waals surface area contributed by atoms with Gasteiger partial charge in [-0.15, -0.1) is 0 Å². The Hall–Kier alpha value is -1.62. The lowest BCUT2D eigenvalue weighted by atomic mass is 9.95. The van der Waals surface area contributed by atoms with E-state index in [0.717, 1.165) is 6.07 Å². The van der Waals surface area contributed by atoms with E-state index in [4.69, 9.17) is 10.8 Å². The SMILES string of the molecule is CC(C)(CO)CNC(=O)c1ccc(F)c(N)c1. The lowest BCUT2D eigenvalue weighted by molar-refractivity contribution is 0.0911. The van der Waals surface area contributed by atoms with Gasteiger partial charge in [0, 0.05) is 24.1 Å². The van der Waals surface area contributed by atoms with Crippen molar-refractivity contribution >= 4 is 11.6 Å². The third kappa shape index (κ3) is 3.71. The van der Waals surface area contributed by atoms with Crippen molar-refractivity contribution in [3.05, 3.63) is 29.6 Å². The van der Waals surface area contributed by atoms with Gasteiger partial charge in [0.1, 0.15) is 5.82 Å². The van der Waals surface area contributed by atoms with Crippen molar-refractivity contribution in [3.63, 3.8) is 0 Å². The van der Waals surface area contributed by atoms with Gasteiger partial charge in [-0.3, -0.25) is 4.79 Å². The Balaban J connectivity index is 2.68. The molecule has 0 fully saturated rings. The van der Waals surface area contributed by atoms with E-state index in [-0.39, 0.29) is 23.6 Å². The minimum Gasteiger partial charge on any atom is -0.396 e. The quantitative estimate of drug-likeness (QED) is 0.691. The second-order valence-corrected chi connectivity index (χ2v) is 4.74. The van der Waals surface area contributed by atoms with E-state index >= 15 is 0 Å². The fourth-order valence-corrected chi connectivity index (χ4v) is 1.16. The third-order valence-electron chi connectivity index (χ3n) is 2.41. The molecule has 0 aliphatic rings. The molecular formula is C12H17FN2O2. The molecule has 0 saturated carbocycles. The van der Waals surface area contributed by atoms with Crippen molar-refractivity contribution in [2.75, 3.05) is 18.9 Å². The van der Waals surface area contributed by atoms with Crippen LogP contribution in [0.1, 0.15) is 24.2 Å². The van der Waals surface area contributed by atoms with Crippen molar-refractivity contribution in [1.29, 1.82) is 0 Å². The maximum atomic E-state index is 12.9. The van der Waals surface area contributed by atoms with Crippen LogP contribution < -0.4 is 11.1 Å². The molecule has 1 aromatic carbocycles. The van der Waals surface area contributed by atoms with E-state index in [1.54, 1.807) is 0 Å². The summed E-state index contributed by atoms with van der Waals surface area (Å²) in [5.74, 6) is -0.879. The molecule has 1 aromatic rings. The van der Waals surface area contributed by atoms with Crippen LogP contribution in [0.3, 0.4) is 0 Å². The summed E-state index contributed by atoms with van der Waals surface area (Å²) in [6.45, 7) is 3.96. The minimum atomic E-state index is -0.544. The van der Waals surface area contributed by atoms with Gasteiger partial charge < -0.3 is 16.2 Å². The van der Waals surface area contributed by atoms with Gasteiger partial charge in [0.15, 0.2) is 0 Å². The van der Waals surface area contributed by atoms with Crippen molar-refractivity contribution in [2.45, 2.75) is 13.8 Å². The lowest BCUT2D eigenvalue weighted by Crippen LogP contribution is -2.36. The van der Waals surface area contributed by atoms with Crippen LogP contribution in [-0.2, 0) is 0 Å². The molecule has 1 rings (SSSR count). The second kappa shape index (κ2) is 5.14. The highest BCUT2D eigenvalue weighted by Crippen LogP contribution is 2.14. The van der Waals surface area contributed by atoms with Crippen molar-refractivity contribution < 1.29 is 14.3 Å². The number of hydrogen-bond acceptors (Lipinski definition) is 3. The highest BCUT2D eigenvalue weighted by atomic mass is 19.1. The number of halogens is 1. The Labute approximate surface area is 99.6 Å². The first kappa shape index (κ1) is 13.4. The molecule has 0 aromatic heterocycles. The smallest absolute Gasteiger partial charge is 0.251 e. The molecule has 5 heteroatoms. The number of carbonyl (C=O) groups is 1. The molecule has 4 N–H and O–H groups in total. The number of benzene rings is 1. The third-order valence-corrected chi connectivity index (χ3v) is 2.41. The monoisotopic (exact) mass is 240 g/mol. The van der Waals surface area contributed by atoms with E-state index in [0.29, 0.717) is 12.1 Å². The van der Waals surface area contributed by atoms with Gasteiger partial charge >= 0.3 is 0 Å². The van der Waals surface area contributed by atoms with Crippen molar-refractivity contribution in [2.24, 2.45) is 5.41 Å². The van der Waals surface area contributed by atoms with Crippen LogP contribution in [0.15, 0.2) is 18.2 Å². The highest BCUT2D eigenvalue weighted by molar-refractivity contribution is 5.95. The lowest BCUT2D eigenvalue weighted by Gasteiger charge is -2.21. The first-order valence-corrected chi connectivity index (χ1v) is 5.30. The molecule has 0 radical (unpaired) electrons. The molecule has 94 valence electrons. The van der Waals surface area contributed by atoms with E-state index in [1.807, 2.05) is 13.8 Å². The maximum Gasteiger partial charge on any atom is 0.251 e. The molecule has 0 saturated heterocycles. The Morgan fingerprint density at radius 2 is 2.18 bits per heavy atom. The Kier molecular flexibility index (Phi) is 4.07. The fraction of sp³-hybridized carbons (Fsp3) is 0.417. The zero-order valence-corrected chi connectivity index (χ0v) is 9.96. The highest BCUT2D eigenvalue weighted by Gasteiger charge is 2.18. The largest absolute Gasteiger partial charge is 0.396 e. The number of nitrogen functional groups attached to an aromatic ring is 1. The summed E-state index contributed by atoms with van der Waals surface area (Å²) in [4.78, 5) is 11.7. The van der Waals surface area contributed by atoms with Gasteiger partial charge in [-0.2, -0.15) is 0 Å². The van der Waals surface area contributed by atoms with E-state index in [1.165, 1.54) is 12.1 Å². The van der Waals surface area contributed by atoms with E-state index in [2.05, 4.69) is 5.32 Å². The van der Waals surface area contributed by atoms with Gasteiger partial charge in [0.2, 0.25) is 0 Å². The molecular weight excluding hydrogens is 223 g/mol. The molecule has 4 nitrogen and oxygen atoms in total. The molecule has 0 spiro atoms. The molecule has 0 unspecified atom stereocenters. The number of amides is 1. The molecule has 0 aliphatic heterocycles. The summed E-state index contributed by atoms with van der Waals surface area (Å²) in [6, 6.07) is 3.81. The van der Waals surface area contributed by atoms with Crippen molar-refractivity contribution in [1.82, 2.24) is 5.32 Å². The van der Waals surface area contributed by atoms with Crippen LogP contribution in [-0.4, -0.2) is 24.2 Å². The molecule has 0 atom stereocenters. The van der Waals surface area contributed by atoms with E-state index in [9.17, 15) is 9.18 Å². The van der Waals surface area contributed by atoms with Gasteiger partial charge in [-0.25, -0.2) is 4.39 Å². The molecule has 0 heterocycles. The number of rotatable bonds is 4. The van der Waals surface area contributed by atoms with Crippen LogP contribution >= 0.6 is 0 Å². The van der Waals surface area contributed by atoms with Gasteiger partial charge in [0.05, 0.1) is 5.69 Å². The summed E-state index contributed by atoms with van der Waals surface area (Å²) < 4.78 is 12.9. The summed E-state index contributed by atoms with van der Waals surface area (Å²) in [5, 5.41) is 11.7. The first-order chi connectivity index (χ1) is 7.85. The molecule has 1 amide bonds. The second-order valence-electron chi connectivity index (χ2n) is 4.74. The average molecular weight is 240 g/mol. The van der Waals surface area contributed by atoms with Gasteiger partial charge in [0.25, 0.3) is 5.91 Å². The van der Waals surface area contributed by atoms with Crippen molar-refractivity contribution in [3.8, 4) is 0 Å².